The summed E-state index contributed by atoms with van der Waals surface area (Å²) >= 11 is 0. The van der Waals surface area contributed by atoms with E-state index in [1.165, 1.54) is 39.6 Å². The fourth-order valence-corrected chi connectivity index (χ4v) is 3.72. The molecule has 0 saturated carbocycles. The molecule has 0 atom stereocenters. The van der Waals surface area contributed by atoms with Gasteiger partial charge in [0.15, 0.2) is 11.5 Å². The van der Waals surface area contributed by atoms with Crippen molar-refractivity contribution >= 4 is 22.8 Å². The number of alkyl halides is 3. The third kappa shape index (κ3) is 5.11. The number of halogens is 4. The van der Waals surface area contributed by atoms with E-state index in [4.69, 9.17) is 9.47 Å². The summed E-state index contributed by atoms with van der Waals surface area (Å²) in [5.74, 6) is -0.209. The van der Waals surface area contributed by atoms with Gasteiger partial charge >= 0.3 is 6.18 Å². The first-order valence-electron chi connectivity index (χ1n) is 11.4. The van der Waals surface area contributed by atoms with Crippen LogP contribution in [0.4, 0.5) is 23.4 Å². The van der Waals surface area contributed by atoms with Gasteiger partial charge in [-0.25, -0.2) is 9.37 Å². The molecule has 1 amide bonds. The zero-order valence-corrected chi connectivity index (χ0v) is 21.3. The van der Waals surface area contributed by atoms with Gasteiger partial charge < -0.3 is 14.8 Å². The second-order valence-electron chi connectivity index (χ2n) is 9.14. The minimum atomic E-state index is -4.53. The number of aromatic nitrogens is 4. The maximum atomic E-state index is 14.9. The first kappa shape index (κ1) is 26.8. The molecule has 2 aromatic carbocycles. The lowest BCUT2D eigenvalue weighted by Gasteiger charge is -2.25. The van der Waals surface area contributed by atoms with Gasteiger partial charge in [-0.3, -0.25) is 14.5 Å². The molecular weight excluding hydrogens is 506 g/mol. The lowest BCUT2D eigenvalue weighted by atomic mass is 9.89. The smallest absolute Gasteiger partial charge is 0.399 e. The Bertz CT molecular complexity index is 1520. The number of methoxy groups -OCH3 is 2. The first-order valence-corrected chi connectivity index (χ1v) is 11.4. The Morgan fingerprint density at radius 1 is 1.03 bits per heavy atom. The summed E-state index contributed by atoms with van der Waals surface area (Å²) in [6.07, 6.45) is -3.37. The Labute approximate surface area is 215 Å². The maximum absolute atomic E-state index is 14.9. The van der Waals surface area contributed by atoms with Crippen LogP contribution >= 0.6 is 0 Å². The Kier molecular flexibility index (Phi) is 7.00. The zero-order valence-electron chi connectivity index (χ0n) is 21.3. The number of ether oxygens (including phenoxy) is 2. The normalized spacial score (nSPS) is 12.0. The predicted molar refractivity (Wildman–Crippen MR) is 133 cm³/mol. The number of nitrogens with one attached hydrogen (secondary N) is 1. The monoisotopic (exact) mass is 531 g/mol. The molecule has 2 heterocycles. The van der Waals surface area contributed by atoms with E-state index in [9.17, 15) is 22.4 Å². The third-order valence-electron chi connectivity index (χ3n) is 6.24. The van der Waals surface area contributed by atoms with Gasteiger partial charge in [-0.05, 0) is 25.5 Å². The summed E-state index contributed by atoms with van der Waals surface area (Å²) < 4.78 is 66.7. The van der Waals surface area contributed by atoms with Crippen molar-refractivity contribution in [3.8, 4) is 22.8 Å². The highest BCUT2D eigenvalue weighted by atomic mass is 19.4. The van der Waals surface area contributed by atoms with Crippen molar-refractivity contribution in [1.29, 1.82) is 0 Å². The molecule has 0 aliphatic rings. The molecule has 0 aliphatic carbocycles. The SMILES string of the molecule is COc1cc2ncc(-c3ccc(CC(=O)Nc4cc(C(C)(C)C(F)(F)F)nn4C)c(F)c3)nc2cc1OC. The van der Waals surface area contributed by atoms with E-state index < -0.39 is 23.3 Å². The second kappa shape index (κ2) is 9.92. The van der Waals surface area contributed by atoms with E-state index >= 15 is 0 Å². The lowest BCUT2D eigenvalue weighted by molar-refractivity contribution is -0.181. The molecule has 0 saturated heterocycles. The molecule has 4 rings (SSSR count). The van der Waals surface area contributed by atoms with Gasteiger partial charge in [0.1, 0.15) is 17.1 Å². The van der Waals surface area contributed by atoms with Crippen LogP contribution < -0.4 is 14.8 Å². The second-order valence-corrected chi connectivity index (χ2v) is 9.14. The van der Waals surface area contributed by atoms with Crippen molar-refractivity contribution in [2.75, 3.05) is 19.5 Å². The molecule has 8 nitrogen and oxygen atoms in total. The Morgan fingerprint density at radius 2 is 1.68 bits per heavy atom. The lowest BCUT2D eigenvalue weighted by Crippen LogP contribution is -2.36. The molecule has 0 unspecified atom stereocenters. The molecule has 12 heteroatoms. The summed E-state index contributed by atoms with van der Waals surface area (Å²) in [7, 11) is 4.43. The summed E-state index contributed by atoms with van der Waals surface area (Å²) in [6, 6.07) is 8.81. The number of carbonyl (C=O) groups excluding carboxylic acids is 1. The van der Waals surface area contributed by atoms with Gasteiger partial charge in [-0.15, -0.1) is 0 Å². The van der Waals surface area contributed by atoms with Crippen molar-refractivity contribution in [1.82, 2.24) is 19.7 Å². The summed E-state index contributed by atoms with van der Waals surface area (Å²) in [5, 5.41) is 6.39. The van der Waals surface area contributed by atoms with Crippen molar-refractivity contribution in [3.63, 3.8) is 0 Å². The van der Waals surface area contributed by atoms with Gasteiger partial charge in [-0.2, -0.15) is 18.3 Å². The molecule has 0 spiro atoms. The highest BCUT2D eigenvalue weighted by Crippen LogP contribution is 2.40. The predicted octanol–water partition coefficient (Wildman–Crippen LogP) is 5.21. The number of carbonyl (C=O) groups is 1. The highest BCUT2D eigenvalue weighted by Gasteiger charge is 2.50. The number of aryl methyl sites for hydroxylation is 1. The number of nitrogens with zero attached hydrogens (tertiary/aromatic N) is 4. The molecule has 2 aromatic heterocycles. The van der Waals surface area contributed by atoms with Crippen LogP contribution in [-0.4, -0.2) is 46.1 Å². The average molecular weight is 532 g/mol. The van der Waals surface area contributed by atoms with Gasteiger partial charge in [0, 0.05) is 30.8 Å². The third-order valence-corrected chi connectivity index (χ3v) is 6.24. The first-order chi connectivity index (χ1) is 17.8. The molecular formula is C26H25F4N5O3. The number of anilines is 1. The van der Waals surface area contributed by atoms with E-state index in [2.05, 4.69) is 20.4 Å². The van der Waals surface area contributed by atoms with Crippen LogP contribution in [0.25, 0.3) is 22.3 Å². The minimum absolute atomic E-state index is 0.0675. The number of hydrogen-bond donors (Lipinski definition) is 1. The van der Waals surface area contributed by atoms with Crippen LogP contribution in [0.1, 0.15) is 25.1 Å². The maximum Gasteiger partial charge on any atom is 0.399 e. The largest absolute Gasteiger partial charge is 0.493 e. The molecule has 0 bridgehead atoms. The van der Waals surface area contributed by atoms with Crippen LogP contribution in [0.15, 0.2) is 42.6 Å². The topological polar surface area (TPSA) is 91.2 Å². The Morgan fingerprint density at radius 3 is 2.29 bits per heavy atom. The number of amides is 1. The molecule has 0 aliphatic heterocycles. The average Bonchev–Trinajstić information content (AvgIpc) is 3.23. The van der Waals surface area contributed by atoms with Crippen LogP contribution in [0.2, 0.25) is 0 Å². The minimum Gasteiger partial charge on any atom is -0.493 e. The van der Waals surface area contributed by atoms with Crippen LogP contribution in [0.5, 0.6) is 11.5 Å². The molecule has 0 radical (unpaired) electrons. The summed E-state index contributed by atoms with van der Waals surface area (Å²) in [4.78, 5) is 21.5. The fraction of sp³-hybridized carbons (Fsp3) is 0.308. The van der Waals surface area contributed by atoms with Crippen molar-refractivity contribution in [2.45, 2.75) is 31.9 Å². The van der Waals surface area contributed by atoms with Gasteiger partial charge in [0.25, 0.3) is 0 Å². The van der Waals surface area contributed by atoms with Gasteiger partial charge in [-0.1, -0.05) is 12.1 Å². The number of rotatable bonds is 7. The number of hydrogen-bond acceptors (Lipinski definition) is 6. The summed E-state index contributed by atoms with van der Waals surface area (Å²) in [6.45, 7) is 2.01. The van der Waals surface area contributed by atoms with E-state index in [0.717, 1.165) is 24.6 Å². The van der Waals surface area contributed by atoms with E-state index in [-0.39, 0.29) is 23.5 Å². The quantitative estimate of drug-likeness (QED) is 0.330. The van der Waals surface area contributed by atoms with E-state index in [1.54, 1.807) is 18.2 Å². The Balaban J connectivity index is 1.52. The molecule has 4 aromatic rings. The Hall–Kier alpha value is -4.22. The van der Waals surface area contributed by atoms with Crippen LogP contribution in [-0.2, 0) is 23.7 Å². The van der Waals surface area contributed by atoms with Gasteiger partial charge in [0.05, 0.1) is 49.3 Å². The van der Waals surface area contributed by atoms with E-state index in [1.807, 2.05) is 0 Å². The van der Waals surface area contributed by atoms with Crippen molar-refractivity contribution in [3.05, 3.63) is 59.7 Å². The molecule has 200 valence electrons. The number of benzene rings is 2. The van der Waals surface area contributed by atoms with Crippen molar-refractivity contribution in [2.24, 2.45) is 7.05 Å². The summed E-state index contributed by atoms with van der Waals surface area (Å²) in [5.41, 5.74) is -0.407. The number of fused-ring (bicyclic) bond motifs is 1. The standard InChI is InChI=1S/C26H25F4N5O3/c1-25(2,26(28,29)30)22-12-23(35(3)34-22)33-24(36)9-14-6-7-15(8-16(14)27)19-13-31-17-10-20(37-4)21(38-5)11-18(17)32-19/h6-8,10-13H,9H2,1-5H3,(H,33,36). The molecule has 38 heavy (non-hydrogen) atoms. The van der Waals surface area contributed by atoms with Crippen LogP contribution in [0, 0.1) is 5.82 Å². The van der Waals surface area contributed by atoms with Crippen molar-refractivity contribution < 1.29 is 31.8 Å². The zero-order chi connectivity index (χ0) is 27.8. The molecule has 1 N–H and O–H groups in total. The fourth-order valence-electron chi connectivity index (χ4n) is 3.72. The van der Waals surface area contributed by atoms with E-state index in [0.29, 0.717) is 33.8 Å². The molecule has 0 fully saturated rings. The van der Waals surface area contributed by atoms with Crippen LogP contribution in [0.3, 0.4) is 0 Å². The van der Waals surface area contributed by atoms with Gasteiger partial charge in [0.2, 0.25) is 5.91 Å². The highest BCUT2D eigenvalue weighted by molar-refractivity contribution is 5.91.